The standard InChI is InChI=1S/C14H15IN2O2/c1-3-9(2)17-8-12(14(18)19)13(16-17)10-4-6-11(15)7-5-10/h4-9H,3H2,1-2H3,(H,18,19). The van der Waals surface area contributed by atoms with E-state index in [9.17, 15) is 9.90 Å². The quantitative estimate of drug-likeness (QED) is 0.833. The van der Waals surface area contributed by atoms with Gasteiger partial charge in [-0.2, -0.15) is 5.10 Å². The molecule has 1 atom stereocenters. The Bertz CT molecular complexity index is 590. The van der Waals surface area contributed by atoms with E-state index in [1.807, 2.05) is 31.2 Å². The highest BCUT2D eigenvalue weighted by molar-refractivity contribution is 14.1. The number of hydrogen-bond donors (Lipinski definition) is 1. The highest BCUT2D eigenvalue weighted by Gasteiger charge is 2.18. The first kappa shape index (κ1) is 14.0. The van der Waals surface area contributed by atoms with Crippen LogP contribution < -0.4 is 0 Å². The smallest absolute Gasteiger partial charge is 0.339 e. The van der Waals surface area contributed by atoms with Crippen molar-refractivity contribution in [2.45, 2.75) is 26.3 Å². The molecule has 4 nitrogen and oxygen atoms in total. The van der Waals surface area contributed by atoms with Gasteiger partial charge in [-0.05, 0) is 48.1 Å². The summed E-state index contributed by atoms with van der Waals surface area (Å²) in [4.78, 5) is 11.3. The zero-order chi connectivity index (χ0) is 14.0. The Labute approximate surface area is 125 Å². The molecule has 0 bridgehead atoms. The van der Waals surface area contributed by atoms with Gasteiger partial charge in [0.05, 0.1) is 0 Å². The number of nitrogens with zero attached hydrogens (tertiary/aromatic N) is 2. The molecule has 5 heteroatoms. The van der Waals surface area contributed by atoms with E-state index in [-0.39, 0.29) is 11.6 Å². The second-order valence-electron chi connectivity index (χ2n) is 4.44. The van der Waals surface area contributed by atoms with Gasteiger partial charge in [0.15, 0.2) is 0 Å². The Balaban J connectivity index is 2.51. The third-order valence-corrected chi connectivity index (χ3v) is 3.84. The van der Waals surface area contributed by atoms with Crippen molar-refractivity contribution in [3.05, 3.63) is 39.6 Å². The number of aromatic carboxylic acids is 1. The van der Waals surface area contributed by atoms with E-state index in [0.717, 1.165) is 15.6 Å². The van der Waals surface area contributed by atoms with Gasteiger partial charge in [0.1, 0.15) is 11.3 Å². The monoisotopic (exact) mass is 370 g/mol. The van der Waals surface area contributed by atoms with Crippen molar-refractivity contribution < 1.29 is 9.90 Å². The molecule has 1 aromatic carbocycles. The van der Waals surface area contributed by atoms with Crippen LogP contribution in [0, 0.1) is 3.57 Å². The lowest BCUT2D eigenvalue weighted by atomic mass is 10.1. The highest BCUT2D eigenvalue weighted by Crippen LogP contribution is 2.25. The molecule has 100 valence electrons. The third kappa shape index (κ3) is 2.97. The number of rotatable bonds is 4. The average Bonchev–Trinajstić information content (AvgIpc) is 2.84. The highest BCUT2D eigenvalue weighted by atomic mass is 127. The summed E-state index contributed by atoms with van der Waals surface area (Å²) in [6.45, 7) is 4.08. The molecule has 0 aliphatic carbocycles. The lowest BCUT2D eigenvalue weighted by Crippen LogP contribution is -2.04. The van der Waals surface area contributed by atoms with Gasteiger partial charge >= 0.3 is 5.97 Å². The molecule has 0 spiro atoms. The molecule has 0 aliphatic rings. The first-order chi connectivity index (χ1) is 9.02. The van der Waals surface area contributed by atoms with Crippen LogP contribution >= 0.6 is 22.6 Å². The summed E-state index contributed by atoms with van der Waals surface area (Å²) >= 11 is 2.22. The molecule has 1 N–H and O–H groups in total. The Morgan fingerprint density at radius 2 is 2.05 bits per heavy atom. The Morgan fingerprint density at radius 1 is 1.42 bits per heavy atom. The van der Waals surface area contributed by atoms with Crippen LogP contribution in [-0.2, 0) is 0 Å². The molecule has 19 heavy (non-hydrogen) atoms. The number of carboxylic acid groups (broad SMARTS) is 1. The molecular weight excluding hydrogens is 355 g/mol. The number of benzene rings is 1. The maximum atomic E-state index is 11.3. The average molecular weight is 370 g/mol. The molecule has 1 heterocycles. The van der Waals surface area contributed by atoms with Crippen LogP contribution in [0.15, 0.2) is 30.5 Å². The summed E-state index contributed by atoms with van der Waals surface area (Å²) in [5, 5.41) is 13.7. The van der Waals surface area contributed by atoms with E-state index >= 15 is 0 Å². The first-order valence-electron chi connectivity index (χ1n) is 6.11. The van der Waals surface area contributed by atoms with Crippen molar-refractivity contribution in [1.29, 1.82) is 0 Å². The summed E-state index contributed by atoms with van der Waals surface area (Å²) in [6.07, 6.45) is 2.52. The molecule has 0 radical (unpaired) electrons. The van der Waals surface area contributed by atoms with Gasteiger partial charge in [-0.15, -0.1) is 0 Å². The van der Waals surface area contributed by atoms with Crippen LogP contribution in [0.3, 0.4) is 0 Å². The molecule has 1 aromatic heterocycles. The van der Waals surface area contributed by atoms with E-state index in [1.54, 1.807) is 10.9 Å². The number of hydrogen-bond acceptors (Lipinski definition) is 2. The predicted octanol–water partition coefficient (Wildman–Crippen LogP) is 3.82. The molecule has 0 fully saturated rings. The second kappa shape index (κ2) is 5.73. The van der Waals surface area contributed by atoms with E-state index in [1.165, 1.54) is 0 Å². The molecular formula is C14H15IN2O2. The predicted molar refractivity (Wildman–Crippen MR) is 82.3 cm³/mol. The minimum Gasteiger partial charge on any atom is -0.478 e. The Hall–Kier alpha value is -1.37. The maximum Gasteiger partial charge on any atom is 0.339 e. The van der Waals surface area contributed by atoms with Crippen LogP contribution in [0.5, 0.6) is 0 Å². The van der Waals surface area contributed by atoms with Gasteiger partial charge in [0.25, 0.3) is 0 Å². The fourth-order valence-electron chi connectivity index (χ4n) is 1.78. The van der Waals surface area contributed by atoms with Gasteiger partial charge in [-0.3, -0.25) is 4.68 Å². The summed E-state index contributed by atoms with van der Waals surface area (Å²) < 4.78 is 2.84. The number of carboxylic acids is 1. The first-order valence-corrected chi connectivity index (χ1v) is 7.19. The number of carbonyl (C=O) groups is 1. The minimum absolute atomic E-state index is 0.190. The topological polar surface area (TPSA) is 55.1 Å². The normalized spacial score (nSPS) is 12.4. The third-order valence-electron chi connectivity index (χ3n) is 3.12. The fourth-order valence-corrected chi connectivity index (χ4v) is 2.14. The van der Waals surface area contributed by atoms with E-state index in [2.05, 4.69) is 34.6 Å². The summed E-state index contributed by atoms with van der Waals surface area (Å²) in [5.74, 6) is -0.942. The summed E-state index contributed by atoms with van der Waals surface area (Å²) in [5.41, 5.74) is 1.62. The Morgan fingerprint density at radius 3 is 2.58 bits per heavy atom. The zero-order valence-electron chi connectivity index (χ0n) is 10.8. The van der Waals surface area contributed by atoms with Crippen LogP contribution in [0.2, 0.25) is 0 Å². The second-order valence-corrected chi connectivity index (χ2v) is 5.69. The lowest BCUT2D eigenvalue weighted by Gasteiger charge is -2.07. The van der Waals surface area contributed by atoms with Crippen molar-refractivity contribution in [1.82, 2.24) is 9.78 Å². The number of halogens is 1. The van der Waals surface area contributed by atoms with E-state index in [0.29, 0.717) is 5.69 Å². The molecule has 1 unspecified atom stereocenters. The van der Waals surface area contributed by atoms with Crippen molar-refractivity contribution in [2.24, 2.45) is 0 Å². The van der Waals surface area contributed by atoms with Crippen LogP contribution in [0.1, 0.15) is 36.7 Å². The molecule has 0 amide bonds. The van der Waals surface area contributed by atoms with Gasteiger partial charge in [0.2, 0.25) is 0 Å². The van der Waals surface area contributed by atoms with E-state index < -0.39 is 5.97 Å². The Kier molecular flexibility index (Phi) is 4.24. The maximum absolute atomic E-state index is 11.3. The molecule has 2 rings (SSSR count). The molecule has 2 aromatic rings. The molecule has 0 aliphatic heterocycles. The SMILES string of the molecule is CCC(C)n1cc(C(=O)O)c(-c2ccc(I)cc2)n1. The summed E-state index contributed by atoms with van der Waals surface area (Å²) in [6, 6.07) is 7.89. The lowest BCUT2D eigenvalue weighted by molar-refractivity contribution is 0.0697. The largest absolute Gasteiger partial charge is 0.478 e. The van der Waals surface area contributed by atoms with Crippen LogP contribution in [-0.4, -0.2) is 20.9 Å². The van der Waals surface area contributed by atoms with Crippen molar-refractivity contribution >= 4 is 28.6 Å². The fraction of sp³-hybridized carbons (Fsp3) is 0.286. The molecule has 0 saturated heterocycles. The van der Waals surface area contributed by atoms with Gasteiger partial charge in [-0.25, -0.2) is 4.79 Å². The van der Waals surface area contributed by atoms with Crippen molar-refractivity contribution in [2.75, 3.05) is 0 Å². The number of aromatic nitrogens is 2. The van der Waals surface area contributed by atoms with Crippen molar-refractivity contribution in [3.8, 4) is 11.3 Å². The van der Waals surface area contributed by atoms with Gasteiger partial charge in [-0.1, -0.05) is 19.1 Å². The van der Waals surface area contributed by atoms with E-state index in [4.69, 9.17) is 0 Å². The summed E-state index contributed by atoms with van der Waals surface area (Å²) in [7, 11) is 0. The van der Waals surface area contributed by atoms with Crippen LogP contribution in [0.4, 0.5) is 0 Å². The molecule has 0 saturated carbocycles. The minimum atomic E-state index is -0.942. The van der Waals surface area contributed by atoms with Gasteiger partial charge in [0, 0.05) is 21.4 Å². The zero-order valence-corrected chi connectivity index (χ0v) is 13.0. The van der Waals surface area contributed by atoms with Crippen LogP contribution in [0.25, 0.3) is 11.3 Å². The van der Waals surface area contributed by atoms with Crippen molar-refractivity contribution in [3.63, 3.8) is 0 Å². The van der Waals surface area contributed by atoms with Gasteiger partial charge < -0.3 is 5.11 Å².